The molecule has 0 radical (unpaired) electrons. The first-order valence-electron chi connectivity index (χ1n) is 6.83. The van der Waals surface area contributed by atoms with Gasteiger partial charge in [-0.3, -0.25) is 9.48 Å². The first kappa shape index (κ1) is 15.1. The van der Waals surface area contributed by atoms with E-state index in [1.165, 1.54) is 0 Å². The Bertz CT molecular complexity index is 622. The van der Waals surface area contributed by atoms with Crippen molar-refractivity contribution >= 4 is 11.6 Å². The molecule has 0 atom stereocenters. The highest BCUT2D eigenvalue weighted by Gasteiger charge is 2.10. The molecule has 0 saturated carbocycles. The van der Waals surface area contributed by atoms with Crippen molar-refractivity contribution < 1.29 is 9.90 Å². The number of hydrogen-bond donors (Lipinski definition) is 3. The number of amides is 1. The van der Waals surface area contributed by atoms with E-state index in [9.17, 15) is 4.79 Å². The maximum absolute atomic E-state index is 11.8. The van der Waals surface area contributed by atoms with Crippen LogP contribution in [-0.4, -0.2) is 34.4 Å². The van der Waals surface area contributed by atoms with E-state index < -0.39 is 0 Å². The largest absolute Gasteiger partial charge is 0.394 e. The lowest BCUT2D eigenvalue weighted by atomic mass is 10.1. The van der Waals surface area contributed by atoms with Crippen LogP contribution in [0.5, 0.6) is 0 Å². The highest BCUT2D eigenvalue weighted by atomic mass is 16.3. The fraction of sp³-hybridized carbons (Fsp3) is 0.333. The predicted octanol–water partition coefficient (Wildman–Crippen LogP) is 1.16. The van der Waals surface area contributed by atoms with E-state index >= 15 is 0 Å². The molecule has 6 heteroatoms. The Morgan fingerprint density at radius 1 is 1.43 bits per heavy atom. The molecule has 1 aromatic heterocycles. The second-order valence-corrected chi connectivity index (χ2v) is 4.75. The van der Waals surface area contributed by atoms with E-state index in [1.807, 2.05) is 25.3 Å². The van der Waals surface area contributed by atoms with E-state index in [-0.39, 0.29) is 12.5 Å². The second-order valence-electron chi connectivity index (χ2n) is 4.75. The van der Waals surface area contributed by atoms with Crippen LogP contribution in [0.3, 0.4) is 0 Å². The summed E-state index contributed by atoms with van der Waals surface area (Å²) in [6, 6.07) is 5.60. The molecule has 2 rings (SSSR count). The van der Waals surface area contributed by atoms with Crippen molar-refractivity contribution in [2.24, 2.45) is 0 Å². The zero-order chi connectivity index (χ0) is 15.2. The normalized spacial score (nSPS) is 10.4. The number of rotatable bonds is 6. The quantitative estimate of drug-likeness (QED) is 0.745. The Morgan fingerprint density at radius 2 is 2.24 bits per heavy atom. The third-order valence-corrected chi connectivity index (χ3v) is 3.30. The molecular formula is C15H20N4O2. The SMILES string of the molecule is CNC(=O)c1cccc(NCc2cnn(CCO)c2)c1C. The van der Waals surface area contributed by atoms with Gasteiger partial charge >= 0.3 is 0 Å². The van der Waals surface area contributed by atoms with Crippen molar-refractivity contribution in [2.45, 2.75) is 20.0 Å². The molecule has 6 nitrogen and oxygen atoms in total. The molecule has 1 amide bonds. The molecule has 2 aromatic rings. The van der Waals surface area contributed by atoms with Gasteiger partial charge in [0.25, 0.3) is 5.91 Å². The van der Waals surface area contributed by atoms with Crippen molar-refractivity contribution in [3.63, 3.8) is 0 Å². The average molecular weight is 288 g/mol. The molecular weight excluding hydrogens is 268 g/mol. The van der Waals surface area contributed by atoms with Gasteiger partial charge in [0.05, 0.1) is 19.3 Å². The maximum Gasteiger partial charge on any atom is 0.251 e. The molecule has 0 aliphatic heterocycles. The van der Waals surface area contributed by atoms with E-state index in [0.717, 1.165) is 16.8 Å². The lowest BCUT2D eigenvalue weighted by Gasteiger charge is -2.12. The third-order valence-electron chi connectivity index (χ3n) is 3.30. The zero-order valence-electron chi connectivity index (χ0n) is 12.3. The van der Waals surface area contributed by atoms with E-state index in [2.05, 4.69) is 15.7 Å². The summed E-state index contributed by atoms with van der Waals surface area (Å²) in [5.41, 5.74) is 3.53. The van der Waals surface area contributed by atoms with Gasteiger partial charge in [0.2, 0.25) is 0 Å². The maximum atomic E-state index is 11.8. The number of aliphatic hydroxyl groups excluding tert-OH is 1. The van der Waals surface area contributed by atoms with Crippen LogP contribution < -0.4 is 10.6 Å². The molecule has 0 unspecified atom stereocenters. The molecule has 21 heavy (non-hydrogen) atoms. The smallest absolute Gasteiger partial charge is 0.251 e. The molecule has 0 fully saturated rings. The summed E-state index contributed by atoms with van der Waals surface area (Å²) in [7, 11) is 1.62. The van der Waals surface area contributed by atoms with Crippen molar-refractivity contribution in [1.82, 2.24) is 15.1 Å². The molecule has 1 heterocycles. The van der Waals surface area contributed by atoms with Gasteiger partial charge in [-0.1, -0.05) is 6.07 Å². The summed E-state index contributed by atoms with van der Waals surface area (Å²) in [6.45, 7) is 3.10. The fourth-order valence-electron chi connectivity index (χ4n) is 2.13. The minimum Gasteiger partial charge on any atom is -0.394 e. The van der Waals surface area contributed by atoms with Crippen LogP contribution in [0, 0.1) is 6.92 Å². The zero-order valence-corrected chi connectivity index (χ0v) is 12.3. The molecule has 0 saturated heterocycles. The Morgan fingerprint density at radius 3 is 2.95 bits per heavy atom. The number of nitrogens with one attached hydrogen (secondary N) is 2. The van der Waals surface area contributed by atoms with Crippen LogP contribution in [0.15, 0.2) is 30.6 Å². The van der Waals surface area contributed by atoms with Crippen LogP contribution >= 0.6 is 0 Å². The van der Waals surface area contributed by atoms with Crippen molar-refractivity contribution in [3.05, 3.63) is 47.3 Å². The number of carbonyl (C=O) groups excluding carboxylic acids is 1. The molecule has 1 aromatic carbocycles. The Balaban J connectivity index is 2.07. The highest BCUT2D eigenvalue weighted by molar-refractivity contribution is 5.96. The lowest BCUT2D eigenvalue weighted by molar-refractivity contribution is 0.0962. The van der Waals surface area contributed by atoms with Gasteiger partial charge in [0.1, 0.15) is 0 Å². The third kappa shape index (κ3) is 3.61. The highest BCUT2D eigenvalue weighted by Crippen LogP contribution is 2.19. The molecule has 0 aliphatic carbocycles. The number of nitrogens with zero attached hydrogens (tertiary/aromatic N) is 2. The van der Waals surface area contributed by atoms with E-state index in [4.69, 9.17) is 5.11 Å². The van der Waals surface area contributed by atoms with Crippen molar-refractivity contribution in [3.8, 4) is 0 Å². The molecule has 0 bridgehead atoms. The lowest BCUT2D eigenvalue weighted by Crippen LogP contribution is -2.19. The minimum atomic E-state index is -0.0908. The molecule has 3 N–H and O–H groups in total. The van der Waals surface area contributed by atoms with Crippen LogP contribution in [0.25, 0.3) is 0 Å². The standard InChI is InChI=1S/C15H20N4O2/c1-11-13(15(21)16-2)4-3-5-14(11)17-8-12-9-18-19(10-12)6-7-20/h3-5,9-10,17,20H,6-8H2,1-2H3,(H,16,21). The Hall–Kier alpha value is -2.34. The van der Waals surface area contributed by atoms with E-state index in [1.54, 1.807) is 24.0 Å². The van der Waals surface area contributed by atoms with Gasteiger partial charge in [-0.25, -0.2) is 0 Å². The average Bonchev–Trinajstić information content (AvgIpc) is 2.93. The number of aliphatic hydroxyl groups is 1. The Labute approximate surface area is 123 Å². The molecule has 0 aliphatic rings. The number of carbonyl (C=O) groups is 1. The number of hydrogen-bond acceptors (Lipinski definition) is 4. The molecule has 0 spiro atoms. The van der Waals surface area contributed by atoms with Gasteiger partial charge in [-0.2, -0.15) is 5.10 Å². The predicted molar refractivity (Wildman–Crippen MR) is 81.2 cm³/mol. The Kier molecular flexibility index (Phi) is 4.94. The van der Waals surface area contributed by atoms with Gasteiger partial charge in [0, 0.05) is 36.6 Å². The van der Waals surface area contributed by atoms with Crippen LogP contribution in [0.2, 0.25) is 0 Å². The summed E-state index contributed by atoms with van der Waals surface area (Å²) in [5, 5.41) is 19.0. The summed E-state index contributed by atoms with van der Waals surface area (Å²) in [5.74, 6) is -0.0908. The first-order chi connectivity index (χ1) is 10.2. The van der Waals surface area contributed by atoms with Crippen molar-refractivity contribution in [2.75, 3.05) is 19.0 Å². The summed E-state index contributed by atoms with van der Waals surface area (Å²) in [4.78, 5) is 11.8. The fourth-order valence-corrected chi connectivity index (χ4v) is 2.13. The summed E-state index contributed by atoms with van der Waals surface area (Å²) in [6.07, 6.45) is 3.65. The van der Waals surface area contributed by atoms with Gasteiger partial charge in [0.15, 0.2) is 0 Å². The van der Waals surface area contributed by atoms with Gasteiger partial charge in [-0.15, -0.1) is 0 Å². The van der Waals surface area contributed by atoms with E-state index in [0.29, 0.717) is 18.7 Å². The van der Waals surface area contributed by atoms with Crippen LogP contribution in [0.4, 0.5) is 5.69 Å². The number of anilines is 1. The van der Waals surface area contributed by atoms with Gasteiger partial charge < -0.3 is 15.7 Å². The summed E-state index contributed by atoms with van der Waals surface area (Å²) < 4.78 is 1.70. The minimum absolute atomic E-state index is 0.0713. The first-order valence-corrected chi connectivity index (χ1v) is 6.83. The number of aromatic nitrogens is 2. The van der Waals surface area contributed by atoms with Crippen LogP contribution in [0.1, 0.15) is 21.5 Å². The van der Waals surface area contributed by atoms with Crippen molar-refractivity contribution in [1.29, 1.82) is 0 Å². The molecule has 112 valence electrons. The number of benzene rings is 1. The summed E-state index contributed by atoms with van der Waals surface area (Å²) >= 11 is 0. The van der Waals surface area contributed by atoms with Gasteiger partial charge in [-0.05, 0) is 24.6 Å². The van der Waals surface area contributed by atoms with Crippen LogP contribution in [-0.2, 0) is 13.1 Å². The second kappa shape index (κ2) is 6.90. The topological polar surface area (TPSA) is 79.2 Å². The monoisotopic (exact) mass is 288 g/mol.